The average molecular weight is 285 g/mol. The largest absolute Gasteiger partial charge is 0.409 e. The Balaban J connectivity index is 1.74. The molecule has 6 heteroatoms. The smallest absolute Gasteiger partial charge is 0.153 e. The molecular weight excluding hydrogens is 266 g/mol. The minimum Gasteiger partial charge on any atom is -0.409 e. The molecule has 0 atom stereocenters. The van der Waals surface area contributed by atoms with Crippen LogP contribution in [0.3, 0.4) is 0 Å². The van der Waals surface area contributed by atoms with Crippen molar-refractivity contribution in [1.29, 1.82) is 0 Å². The minimum absolute atomic E-state index is 0.256. The van der Waals surface area contributed by atoms with Crippen LogP contribution >= 0.6 is 0 Å². The molecular formula is C15H19N5O. The molecule has 1 saturated heterocycles. The number of nitrogens with two attached hydrogens (primary N) is 1. The second-order valence-corrected chi connectivity index (χ2v) is 5.21. The van der Waals surface area contributed by atoms with Crippen LogP contribution in [0.4, 0.5) is 5.82 Å². The maximum Gasteiger partial charge on any atom is 0.153 e. The van der Waals surface area contributed by atoms with Gasteiger partial charge in [-0.1, -0.05) is 29.4 Å². The van der Waals surface area contributed by atoms with E-state index in [1.807, 2.05) is 24.4 Å². The summed E-state index contributed by atoms with van der Waals surface area (Å²) in [5.74, 6) is 1.29. The highest BCUT2D eigenvalue weighted by molar-refractivity contribution is 5.92. The van der Waals surface area contributed by atoms with E-state index >= 15 is 0 Å². The van der Waals surface area contributed by atoms with E-state index in [2.05, 4.69) is 32.1 Å². The number of fused-ring (bicyclic) bond motifs is 1. The Morgan fingerprint density at radius 2 is 1.95 bits per heavy atom. The number of rotatable bonds is 3. The molecule has 1 aromatic heterocycles. The highest BCUT2D eigenvalue weighted by Crippen LogP contribution is 2.24. The molecule has 21 heavy (non-hydrogen) atoms. The monoisotopic (exact) mass is 285 g/mol. The normalized spacial score (nSPS) is 17.3. The first-order chi connectivity index (χ1) is 10.3. The fraction of sp³-hybridized carbons (Fsp3) is 0.333. The number of oxime groups is 1. The summed E-state index contributed by atoms with van der Waals surface area (Å²) in [4.78, 5) is 9.03. The first-order valence-electron chi connectivity index (χ1n) is 7.05. The first-order valence-corrected chi connectivity index (χ1v) is 7.05. The molecule has 110 valence electrons. The molecule has 0 spiro atoms. The van der Waals surface area contributed by atoms with Crippen LogP contribution in [0.2, 0.25) is 0 Å². The minimum atomic E-state index is 0.256. The van der Waals surface area contributed by atoms with Gasteiger partial charge in [-0.25, -0.2) is 4.98 Å². The third kappa shape index (κ3) is 2.90. The number of hydrogen-bond acceptors (Lipinski definition) is 5. The van der Waals surface area contributed by atoms with Crippen LogP contribution in [-0.4, -0.2) is 53.7 Å². The lowest BCUT2D eigenvalue weighted by molar-refractivity contribution is 0.278. The molecule has 1 aliphatic rings. The molecule has 0 radical (unpaired) electrons. The molecule has 0 unspecified atom stereocenters. The van der Waals surface area contributed by atoms with Gasteiger partial charge in [-0.2, -0.15) is 0 Å². The molecule has 2 heterocycles. The van der Waals surface area contributed by atoms with Crippen molar-refractivity contribution in [3.05, 3.63) is 36.5 Å². The molecule has 1 fully saturated rings. The highest BCUT2D eigenvalue weighted by Gasteiger charge is 2.19. The SMILES string of the molecule is N/C(CN1CCN(c2nccc3ccccc23)CC1)=N/O. The summed E-state index contributed by atoms with van der Waals surface area (Å²) in [6, 6.07) is 10.3. The average Bonchev–Trinajstić information content (AvgIpc) is 2.55. The summed E-state index contributed by atoms with van der Waals surface area (Å²) in [5.41, 5.74) is 5.56. The Hall–Kier alpha value is -2.34. The van der Waals surface area contributed by atoms with Gasteiger partial charge in [0, 0.05) is 37.8 Å². The number of piperazine rings is 1. The standard InChI is InChI=1S/C15H19N5O/c16-14(18-21)11-19-7-9-20(10-8-19)15-13-4-2-1-3-12(13)5-6-17-15/h1-6,21H,7-11H2,(H2,16,18). The van der Waals surface area contributed by atoms with Gasteiger partial charge in [0.1, 0.15) is 5.82 Å². The van der Waals surface area contributed by atoms with E-state index in [0.29, 0.717) is 6.54 Å². The van der Waals surface area contributed by atoms with E-state index in [4.69, 9.17) is 10.9 Å². The molecule has 0 bridgehead atoms. The summed E-state index contributed by atoms with van der Waals surface area (Å²) >= 11 is 0. The van der Waals surface area contributed by atoms with Gasteiger partial charge in [0.2, 0.25) is 0 Å². The topological polar surface area (TPSA) is 78.0 Å². The predicted molar refractivity (Wildman–Crippen MR) is 83.8 cm³/mol. The number of benzene rings is 1. The van der Waals surface area contributed by atoms with Gasteiger partial charge in [-0.05, 0) is 11.5 Å². The fourth-order valence-electron chi connectivity index (χ4n) is 2.73. The van der Waals surface area contributed by atoms with Crippen molar-refractivity contribution < 1.29 is 5.21 Å². The number of pyridine rings is 1. The van der Waals surface area contributed by atoms with Gasteiger partial charge in [-0.15, -0.1) is 0 Å². The second kappa shape index (κ2) is 5.97. The van der Waals surface area contributed by atoms with Gasteiger partial charge in [0.25, 0.3) is 0 Å². The zero-order valence-corrected chi connectivity index (χ0v) is 11.8. The van der Waals surface area contributed by atoms with Crippen LogP contribution < -0.4 is 10.6 Å². The first kappa shape index (κ1) is 13.6. The third-order valence-corrected chi connectivity index (χ3v) is 3.84. The Morgan fingerprint density at radius 1 is 1.19 bits per heavy atom. The van der Waals surface area contributed by atoms with Crippen molar-refractivity contribution in [3.8, 4) is 0 Å². The van der Waals surface area contributed by atoms with Gasteiger partial charge in [-0.3, -0.25) is 4.90 Å². The lowest BCUT2D eigenvalue weighted by Crippen LogP contribution is -2.49. The molecule has 1 aromatic carbocycles. The molecule has 3 rings (SSSR count). The molecule has 0 amide bonds. The van der Waals surface area contributed by atoms with Crippen LogP contribution in [0.5, 0.6) is 0 Å². The van der Waals surface area contributed by atoms with Crippen molar-refractivity contribution in [3.63, 3.8) is 0 Å². The van der Waals surface area contributed by atoms with E-state index in [9.17, 15) is 0 Å². The van der Waals surface area contributed by atoms with Crippen molar-refractivity contribution in [1.82, 2.24) is 9.88 Å². The lowest BCUT2D eigenvalue weighted by Gasteiger charge is -2.35. The van der Waals surface area contributed by atoms with Crippen LogP contribution in [0.15, 0.2) is 41.7 Å². The van der Waals surface area contributed by atoms with Gasteiger partial charge in [0.05, 0.1) is 6.54 Å². The number of aromatic nitrogens is 1. The molecule has 0 saturated carbocycles. The number of nitrogens with zero attached hydrogens (tertiary/aromatic N) is 4. The fourth-order valence-corrected chi connectivity index (χ4v) is 2.73. The van der Waals surface area contributed by atoms with Crippen molar-refractivity contribution in [2.75, 3.05) is 37.6 Å². The molecule has 2 aromatic rings. The Bertz CT molecular complexity index is 644. The van der Waals surface area contributed by atoms with E-state index in [1.54, 1.807) is 0 Å². The Morgan fingerprint density at radius 3 is 2.71 bits per heavy atom. The van der Waals surface area contributed by atoms with Gasteiger partial charge < -0.3 is 15.8 Å². The zero-order valence-electron chi connectivity index (χ0n) is 11.8. The van der Waals surface area contributed by atoms with E-state index in [0.717, 1.165) is 32.0 Å². The molecule has 6 nitrogen and oxygen atoms in total. The van der Waals surface area contributed by atoms with Crippen LogP contribution in [0, 0.1) is 0 Å². The van der Waals surface area contributed by atoms with Gasteiger partial charge >= 0.3 is 0 Å². The number of anilines is 1. The summed E-state index contributed by atoms with van der Waals surface area (Å²) < 4.78 is 0. The van der Waals surface area contributed by atoms with Crippen LogP contribution in [0.25, 0.3) is 10.8 Å². The second-order valence-electron chi connectivity index (χ2n) is 5.21. The van der Waals surface area contributed by atoms with E-state index < -0.39 is 0 Å². The van der Waals surface area contributed by atoms with Crippen LogP contribution in [-0.2, 0) is 0 Å². The third-order valence-electron chi connectivity index (χ3n) is 3.84. The Kier molecular flexibility index (Phi) is 3.87. The number of hydrogen-bond donors (Lipinski definition) is 2. The summed E-state index contributed by atoms with van der Waals surface area (Å²) in [7, 11) is 0. The van der Waals surface area contributed by atoms with Gasteiger partial charge in [0.15, 0.2) is 5.84 Å². The molecule has 3 N–H and O–H groups in total. The number of amidine groups is 1. The predicted octanol–water partition coefficient (Wildman–Crippen LogP) is 1.10. The van der Waals surface area contributed by atoms with E-state index in [1.165, 1.54) is 10.8 Å². The maximum absolute atomic E-state index is 8.63. The quantitative estimate of drug-likeness (QED) is 0.382. The van der Waals surface area contributed by atoms with Crippen molar-refractivity contribution >= 4 is 22.4 Å². The highest BCUT2D eigenvalue weighted by atomic mass is 16.4. The molecule has 1 aliphatic heterocycles. The van der Waals surface area contributed by atoms with Crippen LogP contribution in [0.1, 0.15) is 0 Å². The molecule has 0 aliphatic carbocycles. The van der Waals surface area contributed by atoms with Crippen molar-refractivity contribution in [2.45, 2.75) is 0 Å². The summed E-state index contributed by atoms with van der Waals surface area (Å²) in [6.45, 7) is 4.04. The van der Waals surface area contributed by atoms with E-state index in [-0.39, 0.29) is 5.84 Å². The maximum atomic E-state index is 8.63. The lowest BCUT2D eigenvalue weighted by atomic mass is 10.1. The summed E-state index contributed by atoms with van der Waals surface area (Å²) in [6.07, 6.45) is 1.86. The Labute approximate surface area is 123 Å². The zero-order chi connectivity index (χ0) is 14.7. The summed E-state index contributed by atoms with van der Waals surface area (Å²) in [5, 5.41) is 14.1. The van der Waals surface area contributed by atoms with Crippen molar-refractivity contribution in [2.24, 2.45) is 10.9 Å².